The average molecular weight is 249 g/mol. The van der Waals surface area contributed by atoms with Crippen LogP contribution in [0, 0.1) is 11.6 Å². The summed E-state index contributed by atoms with van der Waals surface area (Å²) in [5.74, 6) is -3.16. The van der Waals surface area contributed by atoms with Crippen LogP contribution in [0.15, 0.2) is 12.1 Å². The Labute approximate surface area is 97.2 Å². The summed E-state index contributed by atoms with van der Waals surface area (Å²) in [4.78, 5) is 11.5. The van der Waals surface area contributed by atoms with Gasteiger partial charge in [0.25, 0.3) is 0 Å². The summed E-state index contributed by atoms with van der Waals surface area (Å²) in [5, 5.41) is -0.317. The van der Waals surface area contributed by atoms with Gasteiger partial charge in [0, 0.05) is 0 Å². The lowest BCUT2D eigenvalue weighted by atomic mass is 10.1. The third-order valence-corrected chi connectivity index (χ3v) is 1.94. The van der Waals surface area contributed by atoms with Crippen molar-refractivity contribution in [3.8, 4) is 0 Å². The van der Waals surface area contributed by atoms with Crippen LogP contribution >= 0.6 is 11.6 Å². The largest absolute Gasteiger partial charge is 0.456 e. The number of hydrogen-bond acceptors (Lipinski definition) is 2. The minimum atomic E-state index is -1.10. The minimum absolute atomic E-state index is 0.317. The Morgan fingerprint density at radius 2 is 1.88 bits per heavy atom. The van der Waals surface area contributed by atoms with Crippen molar-refractivity contribution < 1.29 is 18.3 Å². The van der Waals surface area contributed by atoms with E-state index < -0.39 is 28.8 Å². The zero-order chi connectivity index (χ0) is 12.5. The van der Waals surface area contributed by atoms with Crippen LogP contribution in [0.3, 0.4) is 0 Å². The molecule has 0 aliphatic rings. The Hall–Kier alpha value is -1.16. The van der Waals surface area contributed by atoms with Gasteiger partial charge in [-0.15, -0.1) is 0 Å². The molecule has 1 rings (SSSR count). The van der Waals surface area contributed by atoms with Gasteiger partial charge in [-0.1, -0.05) is 11.6 Å². The Morgan fingerprint density at radius 3 is 2.38 bits per heavy atom. The van der Waals surface area contributed by atoms with E-state index in [2.05, 4.69) is 0 Å². The van der Waals surface area contributed by atoms with Crippen LogP contribution < -0.4 is 0 Å². The third kappa shape index (κ3) is 2.92. The molecule has 0 heterocycles. The van der Waals surface area contributed by atoms with Crippen LogP contribution in [-0.2, 0) is 4.74 Å². The SMILES string of the molecule is CC(C)(C)OC(=O)c1c(F)ccc(Cl)c1F. The molecule has 0 unspecified atom stereocenters. The highest BCUT2D eigenvalue weighted by Gasteiger charge is 2.25. The Morgan fingerprint density at radius 1 is 1.31 bits per heavy atom. The second kappa shape index (κ2) is 4.37. The van der Waals surface area contributed by atoms with Crippen molar-refractivity contribution >= 4 is 17.6 Å². The van der Waals surface area contributed by atoms with Crippen LogP contribution in [-0.4, -0.2) is 11.6 Å². The molecule has 1 aromatic rings. The number of halogens is 3. The van der Waals surface area contributed by atoms with Crippen molar-refractivity contribution in [2.75, 3.05) is 0 Å². The zero-order valence-electron chi connectivity index (χ0n) is 9.11. The van der Waals surface area contributed by atoms with Crippen LogP contribution in [0.25, 0.3) is 0 Å². The maximum Gasteiger partial charge on any atom is 0.344 e. The predicted molar refractivity (Wildman–Crippen MR) is 56.5 cm³/mol. The fourth-order valence-corrected chi connectivity index (χ4v) is 1.20. The lowest BCUT2D eigenvalue weighted by Crippen LogP contribution is -2.25. The van der Waals surface area contributed by atoms with Crippen LogP contribution in [0.5, 0.6) is 0 Å². The molecule has 88 valence electrons. The molecule has 2 nitrogen and oxygen atoms in total. The highest BCUT2D eigenvalue weighted by atomic mass is 35.5. The molecular formula is C11H11ClF2O2. The topological polar surface area (TPSA) is 26.3 Å². The molecule has 0 radical (unpaired) electrons. The summed E-state index contributed by atoms with van der Waals surface area (Å²) in [6.07, 6.45) is 0. The monoisotopic (exact) mass is 248 g/mol. The zero-order valence-corrected chi connectivity index (χ0v) is 9.86. The van der Waals surface area contributed by atoms with E-state index in [1.54, 1.807) is 20.8 Å². The van der Waals surface area contributed by atoms with Gasteiger partial charge in [0.2, 0.25) is 0 Å². The lowest BCUT2D eigenvalue weighted by Gasteiger charge is -2.19. The van der Waals surface area contributed by atoms with Crippen LogP contribution in [0.1, 0.15) is 31.1 Å². The second-order valence-electron chi connectivity index (χ2n) is 4.22. The molecule has 0 spiro atoms. The van der Waals surface area contributed by atoms with Gasteiger partial charge in [0.1, 0.15) is 17.0 Å². The summed E-state index contributed by atoms with van der Waals surface area (Å²) in [7, 11) is 0. The van der Waals surface area contributed by atoms with Gasteiger partial charge in [0.15, 0.2) is 5.82 Å². The summed E-state index contributed by atoms with van der Waals surface area (Å²) < 4.78 is 31.5. The van der Waals surface area contributed by atoms with Crippen molar-refractivity contribution in [3.63, 3.8) is 0 Å². The second-order valence-corrected chi connectivity index (χ2v) is 4.63. The Balaban J connectivity index is 3.14. The summed E-state index contributed by atoms with van der Waals surface area (Å²) in [6.45, 7) is 4.81. The molecule has 16 heavy (non-hydrogen) atoms. The van der Waals surface area contributed by atoms with E-state index >= 15 is 0 Å². The van der Waals surface area contributed by atoms with Crippen molar-refractivity contribution in [1.29, 1.82) is 0 Å². The van der Waals surface area contributed by atoms with Crippen LogP contribution in [0.2, 0.25) is 5.02 Å². The molecule has 0 bridgehead atoms. The number of carbonyl (C=O) groups is 1. The van der Waals surface area contributed by atoms with E-state index in [-0.39, 0.29) is 5.02 Å². The van der Waals surface area contributed by atoms with Crippen molar-refractivity contribution in [2.24, 2.45) is 0 Å². The van der Waals surface area contributed by atoms with Gasteiger partial charge >= 0.3 is 5.97 Å². The number of benzene rings is 1. The van der Waals surface area contributed by atoms with Crippen molar-refractivity contribution in [1.82, 2.24) is 0 Å². The molecule has 5 heteroatoms. The smallest absolute Gasteiger partial charge is 0.344 e. The van der Waals surface area contributed by atoms with E-state index in [0.29, 0.717) is 0 Å². The van der Waals surface area contributed by atoms with Gasteiger partial charge in [-0.05, 0) is 32.9 Å². The first kappa shape index (κ1) is 12.9. The van der Waals surface area contributed by atoms with Gasteiger partial charge in [-0.25, -0.2) is 13.6 Å². The number of ether oxygens (including phenoxy) is 1. The molecule has 0 aromatic heterocycles. The molecular weight excluding hydrogens is 238 g/mol. The molecule has 0 fully saturated rings. The molecule has 0 saturated carbocycles. The van der Waals surface area contributed by atoms with Gasteiger partial charge in [0.05, 0.1) is 5.02 Å². The maximum atomic E-state index is 13.4. The number of hydrogen-bond donors (Lipinski definition) is 0. The molecule has 0 saturated heterocycles. The standard InChI is InChI=1S/C11H11ClF2O2/c1-11(2,3)16-10(15)8-7(13)5-4-6(12)9(8)14/h4-5H,1-3H3. The lowest BCUT2D eigenvalue weighted by molar-refractivity contribution is 0.00596. The van der Waals surface area contributed by atoms with E-state index in [1.165, 1.54) is 0 Å². The first-order valence-electron chi connectivity index (χ1n) is 4.59. The molecule has 0 amide bonds. The normalized spacial score (nSPS) is 11.4. The van der Waals surface area contributed by atoms with Crippen molar-refractivity contribution in [3.05, 3.63) is 34.4 Å². The first-order valence-corrected chi connectivity index (χ1v) is 4.97. The summed E-state index contributed by atoms with van der Waals surface area (Å²) >= 11 is 5.45. The average Bonchev–Trinajstić information content (AvgIpc) is 2.09. The fraction of sp³-hybridized carbons (Fsp3) is 0.364. The maximum absolute atomic E-state index is 13.4. The molecule has 0 N–H and O–H groups in total. The minimum Gasteiger partial charge on any atom is -0.456 e. The Bertz CT molecular complexity index is 425. The van der Waals surface area contributed by atoms with Gasteiger partial charge in [-0.2, -0.15) is 0 Å². The van der Waals surface area contributed by atoms with Crippen LogP contribution in [0.4, 0.5) is 8.78 Å². The molecule has 0 aliphatic carbocycles. The summed E-state index contributed by atoms with van der Waals surface area (Å²) in [5.41, 5.74) is -1.58. The predicted octanol–water partition coefficient (Wildman–Crippen LogP) is 3.57. The first-order chi connectivity index (χ1) is 7.22. The van der Waals surface area contributed by atoms with E-state index in [0.717, 1.165) is 12.1 Å². The van der Waals surface area contributed by atoms with Gasteiger partial charge in [-0.3, -0.25) is 0 Å². The molecule has 1 aromatic carbocycles. The number of carbonyl (C=O) groups excluding carboxylic acids is 1. The highest BCUT2D eigenvalue weighted by Crippen LogP contribution is 2.23. The highest BCUT2D eigenvalue weighted by molar-refractivity contribution is 6.31. The van der Waals surface area contributed by atoms with E-state index in [1.807, 2.05) is 0 Å². The third-order valence-electron chi connectivity index (χ3n) is 1.65. The molecule has 0 aliphatic heterocycles. The molecule has 0 atom stereocenters. The fourth-order valence-electron chi connectivity index (χ4n) is 1.04. The number of esters is 1. The quantitative estimate of drug-likeness (QED) is 0.561. The number of rotatable bonds is 1. The Kier molecular flexibility index (Phi) is 3.53. The van der Waals surface area contributed by atoms with Gasteiger partial charge < -0.3 is 4.74 Å². The van der Waals surface area contributed by atoms with E-state index in [4.69, 9.17) is 16.3 Å². The van der Waals surface area contributed by atoms with E-state index in [9.17, 15) is 13.6 Å². The summed E-state index contributed by atoms with van der Waals surface area (Å²) in [6, 6.07) is 1.96. The van der Waals surface area contributed by atoms with Crippen molar-refractivity contribution in [2.45, 2.75) is 26.4 Å².